The second kappa shape index (κ2) is 8.10. The van der Waals surface area contributed by atoms with Crippen molar-refractivity contribution in [3.63, 3.8) is 0 Å². The summed E-state index contributed by atoms with van der Waals surface area (Å²) in [6.45, 7) is 0.0839. The summed E-state index contributed by atoms with van der Waals surface area (Å²) in [4.78, 5) is 46.0. The molecule has 26 heavy (non-hydrogen) atoms. The molecule has 1 aromatic rings. The van der Waals surface area contributed by atoms with E-state index in [1.54, 1.807) is 6.08 Å². The molecule has 0 atom stereocenters. The van der Waals surface area contributed by atoms with Crippen LogP contribution in [0.3, 0.4) is 0 Å². The molecule has 0 radical (unpaired) electrons. The number of nitrogens with zero attached hydrogens (tertiary/aromatic N) is 2. The molecule has 0 saturated carbocycles. The third-order valence-corrected chi connectivity index (χ3v) is 3.91. The fourth-order valence-electron chi connectivity index (χ4n) is 2.50. The van der Waals surface area contributed by atoms with Gasteiger partial charge >= 0.3 is 12.1 Å². The van der Waals surface area contributed by atoms with Crippen LogP contribution in [0.4, 0.5) is 10.5 Å². The summed E-state index contributed by atoms with van der Waals surface area (Å²) in [5.74, 6) is -1.45. The van der Waals surface area contributed by atoms with Crippen molar-refractivity contribution in [1.29, 1.82) is 0 Å². The molecule has 2 amide bonds. The minimum Gasteiger partial charge on any atom is -0.468 e. The molecule has 0 bridgehead atoms. The van der Waals surface area contributed by atoms with E-state index < -0.39 is 29.4 Å². The molecule has 0 saturated heterocycles. The zero-order valence-corrected chi connectivity index (χ0v) is 13.9. The van der Waals surface area contributed by atoms with Gasteiger partial charge in [-0.25, -0.2) is 4.79 Å². The SMILES string of the molecule is COC(=O)CNC(=O)c1cc(C2=CCN(C(=O)O)CC2)ccc1[N+](=O)[O-]. The second-order valence-corrected chi connectivity index (χ2v) is 5.46. The lowest BCUT2D eigenvalue weighted by Gasteiger charge is -2.24. The number of carboxylic acid groups (broad SMARTS) is 1. The predicted octanol–water partition coefficient (Wildman–Crippen LogP) is 1.26. The Bertz CT molecular complexity index is 788. The molecule has 138 valence electrons. The largest absolute Gasteiger partial charge is 0.468 e. The van der Waals surface area contributed by atoms with Crippen LogP contribution in [0.15, 0.2) is 24.3 Å². The number of nitrogens with one attached hydrogen (secondary N) is 1. The Labute approximate surface area is 148 Å². The van der Waals surface area contributed by atoms with E-state index in [4.69, 9.17) is 5.11 Å². The Morgan fingerprint density at radius 2 is 2.12 bits per heavy atom. The quantitative estimate of drug-likeness (QED) is 0.456. The molecule has 2 rings (SSSR count). The highest BCUT2D eigenvalue weighted by molar-refractivity contribution is 6.00. The third-order valence-electron chi connectivity index (χ3n) is 3.91. The maximum atomic E-state index is 12.2. The maximum Gasteiger partial charge on any atom is 0.407 e. The molecule has 2 N–H and O–H groups in total. The van der Waals surface area contributed by atoms with E-state index in [1.807, 2.05) is 0 Å². The number of carbonyl (C=O) groups excluding carboxylic acids is 2. The molecule has 1 aromatic carbocycles. The molecule has 10 heteroatoms. The van der Waals surface area contributed by atoms with Crippen molar-refractivity contribution >= 4 is 29.2 Å². The Morgan fingerprint density at radius 3 is 2.65 bits per heavy atom. The maximum absolute atomic E-state index is 12.2. The first-order valence-corrected chi connectivity index (χ1v) is 7.64. The number of benzene rings is 1. The van der Waals surface area contributed by atoms with Crippen molar-refractivity contribution in [2.24, 2.45) is 0 Å². The Kier molecular flexibility index (Phi) is 5.89. The number of ether oxygens (including phenoxy) is 1. The minimum atomic E-state index is -1.02. The lowest BCUT2D eigenvalue weighted by molar-refractivity contribution is -0.385. The summed E-state index contributed by atoms with van der Waals surface area (Å²) in [7, 11) is 1.16. The Balaban J connectivity index is 2.28. The van der Waals surface area contributed by atoms with Crippen molar-refractivity contribution in [1.82, 2.24) is 10.2 Å². The topological polar surface area (TPSA) is 139 Å². The number of methoxy groups -OCH3 is 1. The molecule has 1 aliphatic rings. The summed E-state index contributed by atoms with van der Waals surface area (Å²) in [6, 6.07) is 4.09. The monoisotopic (exact) mass is 363 g/mol. The fourth-order valence-corrected chi connectivity index (χ4v) is 2.50. The molecule has 0 spiro atoms. The minimum absolute atomic E-state index is 0.182. The Morgan fingerprint density at radius 1 is 1.38 bits per heavy atom. The first-order chi connectivity index (χ1) is 12.3. The number of nitro benzene ring substituents is 1. The molecule has 10 nitrogen and oxygen atoms in total. The molecule has 0 aliphatic carbocycles. The van der Waals surface area contributed by atoms with Gasteiger partial charge in [0.25, 0.3) is 11.6 Å². The van der Waals surface area contributed by atoms with Gasteiger partial charge in [-0.3, -0.25) is 19.7 Å². The molecule has 0 fully saturated rings. The van der Waals surface area contributed by atoms with Crippen molar-refractivity contribution in [3.8, 4) is 0 Å². The average Bonchev–Trinajstić information content (AvgIpc) is 2.65. The van der Waals surface area contributed by atoms with Crippen LogP contribution in [0, 0.1) is 10.1 Å². The van der Waals surface area contributed by atoms with E-state index in [9.17, 15) is 24.5 Å². The van der Waals surface area contributed by atoms with Crippen molar-refractivity contribution < 1.29 is 29.2 Å². The highest BCUT2D eigenvalue weighted by Gasteiger charge is 2.23. The van der Waals surface area contributed by atoms with Gasteiger partial charge in [-0.1, -0.05) is 6.08 Å². The number of amides is 2. The van der Waals surface area contributed by atoms with Gasteiger partial charge in [0.15, 0.2) is 0 Å². The highest BCUT2D eigenvalue weighted by Crippen LogP contribution is 2.27. The standard InChI is InChI=1S/C16H17N3O7/c1-26-14(20)9-17-15(21)12-8-11(2-3-13(12)19(24)25)10-4-6-18(7-5-10)16(22)23/h2-4,8H,5-7,9H2,1H3,(H,17,21)(H,22,23). The number of esters is 1. The van der Waals surface area contributed by atoms with Gasteiger partial charge in [0, 0.05) is 19.2 Å². The van der Waals surface area contributed by atoms with E-state index in [0.717, 1.165) is 12.7 Å². The first-order valence-electron chi connectivity index (χ1n) is 7.64. The lowest BCUT2D eigenvalue weighted by atomic mass is 9.97. The van der Waals surface area contributed by atoms with Crippen LogP contribution in [0.2, 0.25) is 0 Å². The van der Waals surface area contributed by atoms with Crippen molar-refractivity contribution in [2.75, 3.05) is 26.7 Å². The lowest BCUT2D eigenvalue weighted by Crippen LogP contribution is -2.33. The van der Waals surface area contributed by atoms with Crippen LogP contribution in [0.5, 0.6) is 0 Å². The van der Waals surface area contributed by atoms with Crippen LogP contribution in [-0.2, 0) is 9.53 Å². The highest BCUT2D eigenvalue weighted by atomic mass is 16.6. The molecular weight excluding hydrogens is 346 g/mol. The van der Waals surface area contributed by atoms with Crippen molar-refractivity contribution in [2.45, 2.75) is 6.42 Å². The Hall–Kier alpha value is -3.43. The zero-order chi connectivity index (χ0) is 19.3. The first kappa shape index (κ1) is 18.9. The number of hydrogen-bond donors (Lipinski definition) is 2. The van der Waals surface area contributed by atoms with Crippen LogP contribution in [0.1, 0.15) is 22.3 Å². The smallest absolute Gasteiger partial charge is 0.407 e. The van der Waals surface area contributed by atoms with Crippen LogP contribution in [-0.4, -0.2) is 59.6 Å². The zero-order valence-electron chi connectivity index (χ0n) is 13.9. The van der Waals surface area contributed by atoms with Crippen LogP contribution < -0.4 is 5.32 Å². The number of nitro groups is 1. The molecular formula is C16H17N3O7. The van der Waals surface area contributed by atoms with Gasteiger partial charge in [-0.2, -0.15) is 0 Å². The van der Waals surface area contributed by atoms with Crippen molar-refractivity contribution in [3.05, 3.63) is 45.5 Å². The normalized spacial score (nSPS) is 13.6. The van der Waals surface area contributed by atoms with E-state index in [2.05, 4.69) is 10.1 Å². The molecule has 0 aromatic heterocycles. The van der Waals surface area contributed by atoms with Gasteiger partial charge in [0.2, 0.25) is 0 Å². The molecule has 1 heterocycles. The summed E-state index contributed by atoms with van der Waals surface area (Å²) in [5, 5.41) is 22.4. The number of carbonyl (C=O) groups is 3. The summed E-state index contributed by atoms with van der Waals surface area (Å²) in [6.07, 6.45) is 1.11. The second-order valence-electron chi connectivity index (χ2n) is 5.46. The van der Waals surface area contributed by atoms with E-state index >= 15 is 0 Å². The van der Waals surface area contributed by atoms with E-state index in [0.29, 0.717) is 18.5 Å². The van der Waals surface area contributed by atoms with Gasteiger partial charge in [-0.15, -0.1) is 0 Å². The average molecular weight is 363 g/mol. The predicted molar refractivity (Wildman–Crippen MR) is 89.6 cm³/mol. The number of rotatable bonds is 5. The van der Waals surface area contributed by atoms with Gasteiger partial charge in [0.05, 0.1) is 12.0 Å². The van der Waals surface area contributed by atoms with Crippen LogP contribution in [0.25, 0.3) is 5.57 Å². The summed E-state index contributed by atoms with van der Waals surface area (Å²) < 4.78 is 4.41. The van der Waals surface area contributed by atoms with E-state index in [1.165, 1.54) is 23.1 Å². The summed E-state index contributed by atoms with van der Waals surface area (Å²) >= 11 is 0. The van der Waals surface area contributed by atoms with Gasteiger partial charge in [-0.05, 0) is 29.7 Å². The number of hydrogen-bond acceptors (Lipinski definition) is 6. The van der Waals surface area contributed by atoms with E-state index in [-0.39, 0.29) is 17.8 Å². The molecule has 0 unspecified atom stereocenters. The third kappa shape index (κ3) is 4.35. The van der Waals surface area contributed by atoms with Crippen LogP contribution >= 0.6 is 0 Å². The summed E-state index contributed by atoms with van der Waals surface area (Å²) in [5.41, 5.74) is 0.806. The van der Waals surface area contributed by atoms with Gasteiger partial charge in [0.1, 0.15) is 12.1 Å². The van der Waals surface area contributed by atoms with Gasteiger partial charge < -0.3 is 20.1 Å². The molecule has 1 aliphatic heterocycles. The fraction of sp³-hybridized carbons (Fsp3) is 0.312.